The van der Waals surface area contributed by atoms with Gasteiger partial charge in [-0.3, -0.25) is 14.9 Å². The second-order valence-electron chi connectivity index (χ2n) is 6.25. The van der Waals surface area contributed by atoms with Crippen LogP contribution in [0.5, 0.6) is 0 Å². The van der Waals surface area contributed by atoms with Crippen molar-refractivity contribution >= 4 is 27.7 Å². The van der Waals surface area contributed by atoms with Crippen molar-refractivity contribution in [1.29, 1.82) is 0 Å². The van der Waals surface area contributed by atoms with Crippen molar-refractivity contribution in [2.75, 3.05) is 12.3 Å². The number of carbonyl (C=O) groups is 2. The second-order valence-corrected chi connectivity index (χ2v) is 8.27. The van der Waals surface area contributed by atoms with E-state index in [0.29, 0.717) is 9.87 Å². The van der Waals surface area contributed by atoms with Gasteiger partial charge >= 0.3 is 6.09 Å². The highest BCUT2D eigenvalue weighted by molar-refractivity contribution is 7.89. The molecule has 0 aliphatic carbocycles. The highest BCUT2D eigenvalue weighted by atomic mass is 32.2. The molecule has 0 unspecified atom stereocenters. The molecule has 30 heavy (non-hydrogen) atoms. The first-order chi connectivity index (χ1) is 14.2. The number of rotatable bonds is 9. The molecule has 2 aromatic rings. The van der Waals surface area contributed by atoms with Crippen LogP contribution in [0.15, 0.2) is 54.6 Å². The summed E-state index contributed by atoms with van der Waals surface area (Å²) in [6.45, 7) is 0.623. The molecule has 0 spiro atoms. The Labute approximate surface area is 173 Å². The van der Waals surface area contributed by atoms with Crippen molar-refractivity contribution in [3.63, 3.8) is 0 Å². The fraction of sp³-hybridized carbons (Fsp3) is 0.263. The summed E-state index contributed by atoms with van der Waals surface area (Å²) in [5.41, 5.74) is 1.05. The van der Waals surface area contributed by atoms with E-state index in [4.69, 9.17) is 4.74 Å². The normalized spacial score (nSPS) is 10.8. The van der Waals surface area contributed by atoms with Gasteiger partial charge in [0.2, 0.25) is 15.9 Å². The fourth-order valence-electron chi connectivity index (χ4n) is 2.46. The predicted octanol–water partition coefficient (Wildman–Crippen LogP) is 2.20. The lowest BCUT2D eigenvalue weighted by Crippen LogP contribution is -2.40. The average molecular weight is 435 g/mol. The molecule has 2 rings (SSSR count). The van der Waals surface area contributed by atoms with Crippen LogP contribution in [0.3, 0.4) is 0 Å². The number of ether oxygens (including phenoxy) is 1. The zero-order chi connectivity index (χ0) is 22.1. The standard InChI is InChI=1S/C19H21N3O7S/c1-15(23)21(13-16-7-9-18(10-8-16)22(25)26)30(27,28)12-11-20-19(24)29-14-17-5-3-2-4-6-17/h2-10H,11-14H2,1H3,(H,20,24). The van der Waals surface area contributed by atoms with E-state index in [1.807, 2.05) is 6.07 Å². The van der Waals surface area contributed by atoms with Crippen molar-refractivity contribution in [2.45, 2.75) is 20.1 Å². The van der Waals surface area contributed by atoms with Crippen LogP contribution in [0.25, 0.3) is 0 Å². The molecule has 0 aliphatic heterocycles. The van der Waals surface area contributed by atoms with Gasteiger partial charge in [-0.2, -0.15) is 0 Å². The fourth-order valence-corrected chi connectivity index (χ4v) is 3.78. The van der Waals surface area contributed by atoms with Crippen LogP contribution < -0.4 is 5.32 Å². The summed E-state index contributed by atoms with van der Waals surface area (Å²) in [5.74, 6) is -1.22. The molecule has 11 heteroatoms. The van der Waals surface area contributed by atoms with Crippen molar-refractivity contribution in [3.05, 3.63) is 75.8 Å². The summed E-state index contributed by atoms with van der Waals surface area (Å²) < 4.78 is 30.7. The monoisotopic (exact) mass is 435 g/mol. The van der Waals surface area contributed by atoms with Crippen LogP contribution in [-0.4, -0.2) is 41.9 Å². The van der Waals surface area contributed by atoms with Crippen LogP contribution in [0.4, 0.5) is 10.5 Å². The van der Waals surface area contributed by atoms with Gasteiger partial charge in [0.1, 0.15) is 6.61 Å². The number of non-ortho nitro benzene ring substituents is 1. The molecule has 160 valence electrons. The molecule has 0 atom stereocenters. The van der Waals surface area contributed by atoms with Gasteiger partial charge in [-0.1, -0.05) is 42.5 Å². The molecule has 0 radical (unpaired) electrons. The molecular weight excluding hydrogens is 414 g/mol. The molecule has 0 saturated heterocycles. The van der Waals surface area contributed by atoms with E-state index < -0.39 is 32.7 Å². The third kappa shape index (κ3) is 6.85. The summed E-state index contributed by atoms with van der Waals surface area (Å²) >= 11 is 0. The number of carbonyl (C=O) groups excluding carboxylic acids is 2. The lowest BCUT2D eigenvalue weighted by molar-refractivity contribution is -0.384. The molecular formula is C19H21N3O7S. The van der Waals surface area contributed by atoms with Gasteiger partial charge in [0.05, 0.1) is 17.2 Å². The molecule has 2 aromatic carbocycles. The number of nitro benzene ring substituents is 1. The first-order valence-corrected chi connectivity index (χ1v) is 10.5. The molecule has 1 N–H and O–H groups in total. The lowest BCUT2D eigenvalue weighted by atomic mass is 10.2. The Hall–Kier alpha value is -3.47. The number of hydrogen-bond acceptors (Lipinski definition) is 7. The van der Waals surface area contributed by atoms with Gasteiger partial charge in [-0.25, -0.2) is 17.5 Å². The van der Waals surface area contributed by atoms with Gasteiger partial charge < -0.3 is 10.1 Å². The highest BCUT2D eigenvalue weighted by Gasteiger charge is 2.25. The van der Waals surface area contributed by atoms with E-state index in [1.54, 1.807) is 24.3 Å². The topological polar surface area (TPSA) is 136 Å². The molecule has 0 bridgehead atoms. The maximum absolute atomic E-state index is 12.5. The van der Waals surface area contributed by atoms with E-state index in [9.17, 15) is 28.1 Å². The van der Waals surface area contributed by atoms with Gasteiger partial charge in [-0.15, -0.1) is 0 Å². The van der Waals surface area contributed by atoms with E-state index in [1.165, 1.54) is 24.3 Å². The molecule has 10 nitrogen and oxygen atoms in total. The molecule has 0 heterocycles. The number of benzene rings is 2. The average Bonchev–Trinajstić information content (AvgIpc) is 2.71. The zero-order valence-corrected chi connectivity index (χ0v) is 17.0. The largest absolute Gasteiger partial charge is 0.445 e. The SMILES string of the molecule is CC(=O)N(Cc1ccc([N+](=O)[O-])cc1)S(=O)(=O)CCNC(=O)OCc1ccccc1. The first kappa shape index (κ1) is 22.8. The summed E-state index contributed by atoms with van der Waals surface area (Å²) in [5, 5.41) is 13.0. The number of nitrogens with one attached hydrogen (secondary N) is 1. The minimum Gasteiger partial charge on any atom is -0.445 e. The number of alkyl carbamates (subject to hydrolysis) is 1. The predicted molar refractivity (Wildman–Crippen MR) is 108 cm³/mol. The van der Waals surface area contributed by atoms with Crippen molar-refractivity contribution < 1.29 is 27.7 Å². The minimum absolute atomic E-state index is 0.0408. The number of sulfonamides is 1. The van der Waals surface area contributed by atoms with Crippen LogP contribution in [0, 0.1) is 10.1 Å². The summed E-state index contributed by atoms with van der Waals surface area (Å²) in [4.78, 5) is 33.7. The van der Waals surface area contributed by atoms with Crippen LogP contribution in [0.1, 0.15) is 18.1 Å². The molecule has 0 aromatic heterocycles. The van der Waals surface area contributed by atoms with Gasteiger partial charge in [0, 0.05) is 25.6 Å². The highest BCUT2D eigenvalue weighted by Crippen LogP contribution is 2.15. The van der Waals surface area contributed by atoms with Crippen molar-refractivity contribution in [1.82, 2.24) is 9.62 Å². The van der Waals surface area contributed by atoms with E-state index in [2.05, 4.69) is 5.32 Å². The van der Waals surface area contributed by atoms with Crippen LogP contribution in [0.2, 0.25) is 0 Å². The number of amides is 2. The zero-order valence-electron chi connectivity index (χ0n) is 16.2. The molecule has 0 fully saturated rings. The Morgan fingerprint density at radius 2 is 1.70 bits per heavy atom. The smallest absolute Gasteiger partial charge is 0.407 e. The van der Waals surface area contributed by atoms with Gasteiger partial charge in [0.25, 0.3) is 5.69 Å². The second kappa shape index (κ2) is 10.3. The minimum atomic E-state index is -4.03. The Morgan fingerprint density at radius 3 is 2.27 bits per heavy atom. The first-order valence-electron chi connectivity index (χ1n) is 8.88. The lowest BCUT2D eigenvalue weighted by Gasteiger charge is -2.21. The number of hydrogen-bond donors (Lipinski definition) is 1. The van der Waals surface area contributed by atoms with Crippen molar-refractivity contribution in [2.24, 2.45) is 0 Å². The number of nitrogens with zero attached hydrogens (tertiary/aromatic N) is 2. The Morgan fingerprint density at radius 1 is 1.07 bits per heavy atom. The summed E-state index contributed by atoms with van der Waals surface area (Å²) in [7, 11) is -4.03. The van der Waals surface area contributed by atoms with E-state index in [0.717, 1.165) is 12.5 Å². The van der Waals surface area contributed by atoms with Gasteiger partial charge in [0.15, 0.2) is 0 Å². The van der Waals surface area contributed by atoms with Crippen LogP contribution >= 0.6 is 0 Å². The van der Waals surface area contributed by atoms with Gasteiger partial charge in [-0.05, 0) is 11.1 Å². The maximum atomic E-state index is 12.5. The quantitative estimate of drug-likeness (QED) is 0.471. The Bertz CT molecular complexity index is 993. The number of nitro groups is 1. The molecule has 2 amide bonds. The van der Waals surface area contributed by atoms with E-state index >= 15 is 0 Å². The van der Waals surface area contributed by atoms with Crippen molar-refractivity contribution in [3.8, 4) is 0 Å². The van der Waals surface area contributed by atoms with Crippen LogP contribution in [-0.2, 0) is 32.7 Å². The van der Waals surface area contributed by atoms with E-state index in [-0.39, 0.29) is 25.4 Å². The summed E-state index contributed by atoms with van der Waals surface area (Å²) in [6, 6.07) is 14.2. The Kier molecular flexibility index (Phi) is 7.87. The Balaban J connectivity index is 1.89. The third-order valence-electron chi connectivity index (χ3n) is 4.00. The molecule has 0 saturated carbocycles. The third-order valence-corrected chi connectivity index (χ3v) is 5.78. The maximum Gasteiger partial charge on any atom is 0.407 e. The molecule has 0 aliphatic rings. The summed E-state index contributed by atoms with van der Waals surface area (Å²) in [6.07, 6.45) is -0.779.